The van der Waals surface area contributed by atoms with Crippen LogP contribution in [0.15, 0.2) is 60.7 Å². The number of hydrogen-bond donors (Lipinski definition) is 0. The SMILES string of the molecule is CC[C@H](C)Cc1cc2c(C[C@@H](C)CC)cc1Cc1cc(C[C@@H](C)CC)c(cc1C[C@@H](C)CC)Cc1cc(C[C@@H](C)CC)c(cc1C[C@@H](C)CC)Cc1cc(C[C@@H](C)CC)c(cc1C[C@@H](C)CC)Cc1cc(C[C@@H](C)CC)c(cc1C[C@@H](C)CC)C2. The van der Waals surface area contributed by atoms with E-state index < -0.39 is 0 Å². The van der Waals surface area contributed by atoms with E-state index in [1.54, 1.807) is 111 Å². The minimum Gasteiger partial charge on any atom is -0.0651 e. The number of hydrogen-bond acceptors (Lipinski definition) is 0. The van der Waals surface area contributed by atoms with Crippen molar-refractivity contribution < 1.29 is 0 Å². The largest absolute Gasteiger partial charge is 0.0651 e. The van der Waals surface area contributed by atoms with Gasteiger partial charge in [-0.15, -0.1) is 0 Å². The number of rotatable bonds is 30. The lowest BCUT2D eigenvalue weighted by molar-refractivity contribution is 0.547. The second-order valence-corrected chi connectivity index (χ2v) is 30.0. The lowest BCUT2D eigenvalue weighted by Crippen LogP contribution is -2.13. The summed E-state index contributed by atoms with van der Waals surface area (Å²) >= 11 is 0. The molecule has 0 heterocycles. The predicted molar refractivity (Wildman–Crippen MR) is 378 cm³/mol. The van der Waals surface area contributed by atoms with Gasteiger partial charge in [-0.25, -0.2) is 0 Å². The van der Waals surface area contributed by atoms with Gasteiger partial charge in [-0.1, -0.05) is 263 Å². The van der Waals surface area contributed by atoms with Crippen molar-refractivity contribution in [2.24, 2.45) is 59.2 Å². The van der Waals surface area contributed by atoms with Crippen LogP contribution in [-0.2, 0) is 96.3 Å². The molecule has 10 bridgehead atoms. The fourth-order valence-corrected chi connectivity index (χ4v) is 13.7. The van der Waals surface area contributed by atoms with Gasteiger partial charge in [-0.3, -0.25) is 0 Å². The van der Waals surface area contributed by atoms with Crippen molar-refractivity contribution in [2.75, 3.05) is 0 Å². The summed E-state index contributed by atoms with van der Waals surface area (Å²) in [6, 6.07) is 27.9. The molecule has 470 valence electrons. The minimum atomic E-state index is 0.625. The third-order valence-electron chi connectivity index (χ3n) is 22.2. The third-order valence-corrected chi connectivity index (χ3v) is 22.2. The van der Waals surface area contributed by atoms with Crippen LogP contribution in [0, 0.1) is 59.2 Å². The highest BCUT2D eigenvalue weighted by Gasteiger charge is 2.25. The quantitative estimate of drug-likeness (QED) is 0.0422. The Morgan fingerprint density at radius 3 is 0.329 bits per heavy atom. The molecule has 0 saturated carbocycles. The molecule has 0 fully saturated rings. The monoisotopic (exact) mass is 1150 g/mol. The molecular formula is C85H130. The Labute approximate surface area is 527 Å². The normalized spacial score (nSPS) is 16.5. The fraction of sp³-hybridized carbons (Fsp3) is 0.647. The van der Waals surface area contributed by atoms with Crippen LogP contribution in [0.4, 0.5) is 0 Å². The van der Waals surface area contributed by atoms with Crippen LogP contribution >= 0.6 is 0 Å². The average Bonchev–Trinajstić information content (AvgIpc) is 3.68. The van der Waals surface area contributed by atoms with Crippen LogP contribution in [0.2, 0.25) is 0 Å². The first-order valence-electron chi connectivity index (χ1n) is 36.4. The standard InChI is InChI=1S/C85H130/c1-21-56(11)31-66-41-77-52-79-45-71(36-61(16)26-6)81(46-70(79)35-60(15)25-5)54-83-49-75(40-65(20)30-10)85(50-74(83)39-64(19)29-9)55-84-48-72(37-62(17)27-7)82(47-73(84)38-63(18)28-8)53-80-44-68(33-58(13)23-3)78(43-69(80)34-59(14)24-4)51-76(66)42-67(77)32-57(12)22-2/h41-50,56-65H,21-40,51-55H2,1-20H3/t56-,57-,58-,59-,60-,61-,62-,63-,64-,65-/m0/s1. The van der Waals surface area contributed by atoms with Gasteiger partial charge >= 0.3 is 0 Å². The molecule has 5 aromatic rings. The summed E-state index contributed by atoms with van der Waals surface area (Å²) in [4.78, 5) is 0. The van der Waals surface area contributed by atoms with E-state index in [9.17, 15) is 0 Å². The van der Waals surface area contributed by atoms with E-state index in [0.29, 0.717) is 59.2 Å². The van der Waals surface area contributed by atoms with Crippen molar-refractivity contribution in [3.8, 4) is 0 Å². The van der Waals surface area contributed by atoms with Gasteiger partial charge in [0.25, 0.3) is 0 Å². The van der Waals surface area contributed by atoms with Gasteiger partial charge in [0.2, 0.25) is 0 Å². The van der Waals surface area contributed by atoms with Crippen molar-refractivity contribution in [2.45, 2.75) is 299 Å². The molecule has 10 aliphatic carbocycles. The summed E-state index contributed by atoms with van der Waals surface area (Å²) in [6.45, 7) is 49.3. The van der Waals surface area contributed by atoms with Gasteiger partial charge < -0.3 is 0 Å². The van der Waals surface area contributed by atoms with Gasteiger partial charge in [0.1, 0.15) is 0 Å². The van der Waals surface area contributed by atoms with Gasteiger partial charge in [0, 0.05) is 0 Å². The Balaban J connectivity index is 1.83. The molecule has 15 rings (SSSR count). The van der Waals surface area contributed by atoms with Crippen molar-refractivity contribution >= 4 is 0 Å². The summed E-state index contributed by atoms with van der Waals surface area (Å²) < 4.78 is 0. The smallest absolute Gasteiger partial charge is 0.00201 e. The third kappa shape index (κ3) is 20.1. The minimum absolute atomic E-state index is 0.625. The average molecular weight is 1150 g/mol. The molecule has 10 aliphatic rings. The van der Waals surface area contributed by atoms with Gasteiger partial charge in [-0.2, -0.15) is 0 Å². The van der Waals surface area contributed by atoms with E-state index in [0.717, 1.165) is 96.3 Å². The van der Waals surface area contributed by atoms with E-state index in [1.165, 1.54) is 64.2 Å². The molecule has 0 aliphatic heterocycles. The maximum atomic E-state index is 2.79. The maximum absolute atomic E-state index is 2.79. The van der Waals surface area contributed by atoms with E-state index in [1.807, 2.05) is 0 Å². The van der Waals surface area contributed by atoms with Crippen LogP contribution in [0.25, 0.3) is 0 Å². The zero-order chi connectivity index (χ0) is 62.1. The Bertz CT molecular complexity index is 2210. The maximum Gasteiger partial charge on any atom is -0.00201 e. The zero-order valence-corrected chi connectivity index (χ0v) is 59.2. The van der Waals surface area contributed by atoms with Crippen molar-refractivity contribution in [1.82, 2.24) is 0 Å². The first-order valence-corrected chi connectivity index (χ1v) is 36.4. The highest BCUT2D eigenvalue weighted by Crippen LogP contribution is 2.38. The molecule has 0 N–H and O–H groups in total. The summed E-state index contributed by atoms with van der Waals surface area (Å²) in [5.41, 5.74) is 32.1. The Kier molecular flexibility index (Phi) is 28.2. The Morgan fingerprint density at radius 1 is 0.176 bits per heavy atom. The molecular weight excluding hydrogens is 1020 g/mol. The molecule has 10 atom stereocenters. The van der Waals surface area contributed by atoms with Crippen molar-refractivity contribution in [3.63, 3.8) is 0 Å². The van der Waals surface area contributed by atoms with Crippen molar-refractivity contribution in [1.29, 1.82) is 0 Å². The lowest BCUT2D eigenvalue weighted by Gasteiger charge is -2.25. The molecule has 0 amide bonds. The fourth-order valence-electron chi connectivity index (χ4n) is 13.7. The molecule has 0 nitrogen and oxygen atoms in total. The summed E-state index contributed by atoms with van der Waals surface area (Å²) in [5.74, 6) is 6.25. The first kappa shape index (κ1) is 70.2. The molecule has 0 saturated heterocycles. The van der Waals surface area contributed by atoms with Gasteiger partial charge in [-0.05, 0) is 267 Å². The van der Waals surface area contributed by atoms with Crippen LogP contribution in [0.5, 0.6) is 0 Å². The number of benzene rings is 5. The lowest BCUT2D eigenvalue weighted by atomic mass is 9.80. The Morgan fingerprint density at radius 2 is 0.259 bits per heavy atom. The van der Waals surface area contributed by atoms with E-state index in [-0.39, 0.29) is 0 Å². The van der Waals surface area contributed by atoms with E-state index >= 15 is 0 Å². The molecule has 5 aromatic carbocycles. The van der Waals surface area contributed by atoms with Crippen molar-refractivity contribution in [3.05, 3.63) is 172 Å². The zero-order valence-electron chi connectivity index (χ0n) is 59.2. The summed E-state index contributed by atoms with van der Waals surface area (Å²) in [5, 5.41) is 0. The first-order chi connectivity index (χ1) is 40.7. The second kappa shape index (κ2) is 34.2. The van der Waals surface area contributed by atoms with Crippen LogP contribution in [0.3, 0.4) is 0 Å². The molecule has 85 heavy (non-hydrogen) atoms. The van der Waals surface area contributed by atoms with Gasteiger partial charge in [0.05, 0.1) is 0 Å². The summed E-state index contributed by atoms with van der Waals surface area (Å²) in [6.07, 6.45) is 28.6. The van der Waals surface area contributed by atoms with Crippen LogP contribution < -0.4 is 0 Å². The molecule has 0 radical (unpaired) electrons. The Hall–Kier alpha value is -3.90. The molecule has 0 heteroatoms. The predicted octanol–water partition coefficient (Wildman–Crippen LogP) is 23.8. The van der Waals surface area contributed by atoms with Crippen LogP contribution in [0.1, 0.15) is 314 Å². The molecule has 0 aromatic heterocycles. The molecule has 0 spiro atoms. The summed E-state index contributed by atoms with van der Waals surface area (Å²) in [7, 11) is 0. The van der Waals surface area contributed by atoms with E-state index in [4.69, 9.17) is 0 Å². The molecule has 0 unspecified atom stereocenters. The van der Waals surface area contributed by atoms with Crippen LogP contribution in [-0.4, -0.2) is 0 Å². The second-order valence-electron chi connectivity index (χ2n) is 30.0. The van der Waals surface area contributed by atoms with E-state index in [2.05, 4.69) is 199 Å². The topological polar surface area (TPSA) is 0 Å². The van der Waals surface area contributed by atoms with Gasteiger partial charge in [0.15, 0.2) is 0 Å². The highest BCUT2D eigenvalue weighted by molar-refractivity contribution is 5.53. The highest BCUT2D eigenvalue weighted by atomic mass is 14.3.